The number of amides is 1. The third-order valence-electron chi connectivity index (χ3n) is 2.97. The van der Waals surface area contributed by atoms with Crippen LogP contribution < -0.4 is 16.4 Å². The van der Waals surface area contributed by atoms with Gasteiger partial charge in [0.2, 0.25) is 0 Å². The molecule has 0 spiro atoms. The summed E-state index contributed by atoms with van der Waals surface area (Å²) in [6.07, 6.45) is -0.249. The Hall–Kier alpha value is -1.79. The van der Waals surface area contributed by atoms with Crippen LogP contribution in [0.25, 0.3) is 0 Å². The Labute approximate surface area is 105 Å². The number of nitrogens with zero attached hydrogens (tertiary/aromatic N) is 1. The van der Waals surface area contributed by atoms with E-state index in [0.29, 0.717) is 36.6 Å². The fraction of sp³-hybridized carbons (Fsp3) is 0.417. The van der Waals surface area contributed by atoms with E-state index < -0.39 is 5.91 Å². The van der Waals surface area contributed by atoms with Crippen molar-refractivity contribution < 1.29 is 14.6 Å². The summed E-state index contributed by atoms with van der Waals surface area (Å²) in [7, 11) is 0. The topological polar surface area (TPSA) is 102 Å². The number of aliphatic hydroxyl groups is 1. The second-order valence-corrected chi connectivity index (χ2v) is 4.26. The van der Waals surface area contributed by atoms with Gasteiger partial charge in [-0.1, -0.05) is 0 Å². The molecule has 1 amide bonds. The Kier molecular flexibility index (Phi) is 3.69. The minimum atomic E-state index is -0.489. The lowest BCUT2D eigenvalue weighted by atomic mass is 10.1. The summed E-state index contributed by atoms with van der Waals surface area (Å²) in [4.78, 5) is 13.4. The van der Waals surface area contributed by atoms with Gasteiger partial charge in [0.05, 0.1) is 30.6 Å². The number of carbonyl (C=O) groups excluding carboxylic acids is 1. The highest BCUT2D eigenvalue weighted by molar-refractivity contribution is 5.99. The number of nitrogen functional groups attached to an aromatic ring is 1. The zero-order valence-corrected chi connectivity index (χ0v) is 10.0. The first-order chi connectivity index (χ1) is 8.61. The van der Waals surface area contributed by atoms with Crippen molar-refractivity contribution in [3.63, 3.8) is 0 Å². The van der Waals surface area contributed by atoms with E-state index in [2.05, 4.69) is 0 Å². The molecule has 0 saturated carbocycles. The second kappa shape index (κ2) is 5.24. The van der Waals surface area contributed by atoms with Gasteiger partial charge in [-0.2, -0.15) is 0 Å². The van der Waals surface area contributed by atoms with Gasteiger partial charge in [0, 0.05) is 18.8 Å². The van der Waals surface area contributed by atoms with E-state index in [1.54, 1.807) is 18.2 Å². The van der Waals surface area contributed by atoms with Crippen molar-refractivity contribution in [1.82, 2.24) is 0 Å². The van der Waals surface area contributed by atoms with Gasteiger partial charge < -0.3 is 26.2 Å². The summed E-state index contributed by atoms with van der Waals surface area (Å²) >= 11 is 0. The van der Waals surface area contributed by atoms with Crippen molar-refractivity contribution in [1.29, 1.82) is 0 Å². The lowest BCUT2D eigenvalue weighted by molar-refractivity contribution is 0.00353. The van der Waals surface area contributed by atoms with Gasteiger partial charge >= 0.3 is 0 Å². The molecule has 1 aromatic carbocycles. The third kappa shape index (κ3) is 2.55. The maximum atomic E-state index is 11.4. The van der Waals surface area contributed by atoms with E-state index in [0.717, 1.165) is 0 Å². The number of hydrogen-bond donors (Lipinski definition) is 3. The van der Waals surface area contributed by atoms with Gasteiger partial charge in [0.1, 0.15) is 0 Å². The van der Waals surface area contributed by atoms with Crippen molar-refractivity contribution >= 4 is 17.3 Å². The Balaban J connectivity index is 2.31. The molecule has 0 aromatic heterocycles. The minimum absolute atomic E-state index is 0.0509. The fourth-order valence-electron chi connectivity index (χ4n) is 2.07. The highest BCUT2D eigenvalue weighted by Gasteiger charge is 2.23. The molecule has 1 aliphatic rings. The van der Waals surface area contributed by atoms with E-state index in [1.165, 1.54) is 0 Å². The number of nitrogens with two attached hydrogens (primary N) is 2. The molecule has 0 bridgehead atoms. The molecule has 98 valence electrons. The standard InChI is InChI=1S/C12H17N3O3/c13-8-1-2-10(12(14)17)11(5-8)15-3-4-18-9(6-15)7-16/h1-2,5,9,16H,3-4,6-7,13H2,(H2,14,17). The summed E-state index contributed by atoms with van der Waals surface area (Å²) in [6.45, 7) is 1.60. The molecule has 1 heterocycles. The largest absolute Gasteiger partial charge is 0.399 e. The van der Waals surface area contributed by atoms with Crippen LogP contribution in [0.5, 0.6) is 0 Å². The van der Waals surface area contributed by atoms with Crippen molar-refractivity contribution in [2.24, 2.45) is 5.73 Å². The molecular formula is C12H17N3O3. The summed E-state index contributed by atoms with van der Waals surface area (Å²) in [5, 5.41) is 9.12. The molecule has 6 nitrogen and oxygen atoms in total. The number of anilines is 2. The van der Waals surface area contributed by atoms with Gasteiger partial charge in [0.25, 0.3) is 5.91 Å². The first kappa shape index (κ1) is 12.7. The summed E-state index contributed by atoms with van der Waals surface area (Å²) in [5.41, 5.74) is 12.8. The molecule has 1 aliphatic heterocycles. The molecule has 5 N–H and O–H groups in total. The number of morpholine rings is 1. The van der Waals surface area contributed by atoms with Crippen LogP contribution in [0.3, 0.4) is 0 Å². The Morgan fingerprint density at radius 3 is 3.00 bits per heavy atom. The van der Waals surface area contributed by atoms with Crippen LogP contribution >= 0.6 is 0 Å². The molecule has 2 rings (SSSR count). The molecule has 1 saturated heterocycles. The molecule has 1 aromatic rings. The van der Waals surface area contributed by atoms with E-state index >= 15 is 0 Å². The van der Waals surface area contributed by atoms with Gasteiger partial charge in [-0.15, -0.1) is 0 Å². The van der Waals surface area contributed by atoms with Crippen molar-refractivity contribution in [3.05, 3.63) is 23.8 Å². The Bertz CT molecular complexity index is 450. The Morgan fingerprint density at radius 1 is 1.56 bits per heavy atom. The van der Waals surface area contributed by atoms with Crippen LogP contribution in [0.4, 0.5) is 11.4 Å². The van der Waals surface area contributed by atoms with E-state index in [-0.39, 0.29) is 12.7 Å². The minimum Gasteiger partial charge on any atom is -0.399 e. The lowest BCUT2D eigenvalue weighted by Crippen LogP contribution is -2.44. The molecule has 1 atom stereocenters. The monoisotopic (exact) mass is 251 g/mol. The molecule has 1 fully saturated rings. The van der Waals surface area contributed by atoms with E-state index in [4.69, 9.17) is 21.3 Å². The molecule has 6 heteroatoms. The molecule has 1 unspecified atom stereocenters. The number of aliphatic hydroxyl groups excluding tert-OH is 1. The number of ether oxygens (including phenoxy) is 1. The summed E-state index contributed by atoms with van der Waals surface area (Å²) < 4.78 is 5.37. The van der Waals surface area contributed by atoms with Crippen LogP contribution in [0.1, 0.15) is 10.4 Å². The average Bonchev–Trinajstić information content (AvgIpc) is 2.38. The highest BCUT2D eigenvalue weighted by atomic mass is 16.5. The van der Waals surface area contributed by atoms with E-state index in [1.807, 2.05) is 4.90 Å². The first-order valence-electron chi connectivity index (χ1n) is 5.78. The molecular weight excluding hydrogens is 234 g/mol. The number of hydrogen-bond acceptors (Lipinski definition) is 5. The summed E-state index contributed by atoms with van der Waals surface area (Å²) in [6, 6.07) is 4.99. The van der Waals surface area contributed by atoms with Gasteiger partial charge in [0.15, 0.2) is 0 Å². The normalized spacial score (nSPS) is 19.8. The first-order valence-corrected chi connectivity index (χ1v) is 5.78. The lowest BCUT2D eigenvalue weighted by Gasteiger charge is -2.34. The number of benzene rings is 1. The van der Waals surface area contributed by atoms with Crippen LogP contribution in [-0.2, 0) is 4.74 Å². The number of carbonyl (C=O) groups is 1. The SMILES string of the molecule is NC(=O)c1ccc(N)cc1N1CCOC(CO)C1. The molecule has 0 radical (unpaired) electrons. The fourth-order valence-corrected chi connectivity index (χ4v) is 2.07. The van der Waals surface area contributed by atoms with E-state index in [9.17, 15) is 4.79 Å². The summed E-state index contributed by atoms with van der Waals surface area (Å²) in [5.74, 6) is -0.489. The van der Waals surface area contributed by atoms with Crippen LogP contribution in [0.15, 0.2) is 18.2 Å². The highest BCUT2D eigenvalue weighted by Crippen LogP contribution is 2.25. The Morgan fingerprint density at radius 2 is 2.33 bits per heavy atom. The third-order valence-corrected chi connectivity index (χ3v) is 2.97. The molecule has 0 aliphatic carbocycles. The predicted octanol–water partition coefficient (Wildman–Crippen LogP) is -0.435. The van der Waals surface area contributed by atoms with Gasteiger partial charge in [-0.3, -0.25) is 4.79 Å². The predicted molar refractivity (Wildman–Crippen MR) is 68.4 cm³/mol. The maximum Gasteiger partial charge on any atom is 0.250 e. The van der Waals surface area contributed by atoms with Crippen molar-refractivity contribution in [3.8, 4) is 0 Å². The van der Waals surface area contributed by atoms with Gasteiger partial charge in [-0.25, -0.2) is 0 Å². The number of rotatable bonds is 3. The number of primary amides is 1. The van der Waals surface area contributed by atoms with Crippen LogP contribution in [0, 0.1) is 0 Å². The van der Waals surface area contributed by atoms with Crippen LogP contribution in [0.2, 0.25) is 0 Å². The smallest absolute Gasteiger partial charge is 0.250 e. The van der Waals surface area contributed by atoms with Gasteiger partial charge in [-0.05, 0) is 18.2 Å². The van der Waals surface area contributed by atoms with Crippen molar-refractivity contribution in [2.75, 3.05) is 36.9 Å². The molecule has 18 heavy (non-hydrogen) atoms. The van der Waals surface area contributed by atoms with Crippen molar-refractivity contribution in [2.45, 2.75) is 6.10 Å². The zero-order chi connectivity index (χ0) is 13.1. The average molecular weight is 251 g/mol. The van der Waals surface area contributed by atoms with Crippen LogP contribution in [-0.4, -0.2) is 43.4 Å². The maximum absolute atomic E-state index is 11.4. The zero-order valence-electron chi connectivity index (χ0n) is 10.0. The second-order valence-electron chi connectivity index (χ2n) is 4.26. The quantitative estimate of drug-likeness (QED) is 0.632.